The third-order valence-corrected chi connectivity index (χ3v) is 3.31. The van der Waals surface area contributed by atoms with Gasteiger partial charge in [0.05, 0.1) is 5.69 Å². The van der Waals surface area contributed by atoms with Crippen LogP contribution in [-0.4, -0.2) is 41.6 Å². The molecule has 0 radical (unpaired) electrons. The molecule has 2 heterocycles. The highest BCUT2D eigenvalue weighted by Crippen LogP contribution is 2.13. The molecule has 1 aliphatic rings. The van der Waals surface area contributed by atoms with Crippen molar-refractivity contribution in [1.29, 1.82) is 0 Å². The fraction of sp³-hybridized carbons (Fsp3) is 0.714. The zero-order chi connectivity index (χ0) is 13.8. The van der Waals surface area contributed by atoms with Crippen LogP contribution in [0.15, 0.2) is 10.6 Å². The second-order valence-electron chi connectivity index (χ2n) is 5.73. The zero-order valence-electron chi connectivity index (χ0n) is 12.0. The molecule has 106 valence electrons. The smallest absolute Gasteiger partial charge is 0.292 e. The van der Waals surface area contributed by atoms with Gasteiger partial charge in [-0.3, -0.25) is 4.79 Å². The minimum Gasteiger partial charge on any atom is -0.351 e. The van der Waals surface area contributed by atoms with E-state index < -0.39 is 0 Å². The van der Waals surface area contributed by atoms with E-state index >= 15 is 0 Å². The van der Waals surface area contributed by atoms with Crippen molar-refractivity contribution in [2.75, 3.05) is 19.6 Å². The average Bonchev–Trinajstić information content (AvgIpc) is 2.98. The highest BCUT2D eigenvalue weighted by molar-refractivity contribution is 5.91. The second-order valence-corrected chi connectivity index (χ2v) is 5.73. The van der Waals surface area contributed by atoms with Gasteiger partial charge in [-0.15, -0.1) is 0 Å². The number of aromatic nitrogens is 1. The third kappa shape index (κ3) is 3.80. The second kappa shape index (κ2) is 6.19. The number of aryl methyl sites for hydroxylation is 1. The molecule has 1 unspecified atom stereocenters. The van der Waals surface area contributed by atoms with Crippen LogP contribution in [0.2, 0.25) is 0 Å². The highest BCUT2D eigenvalue weighted by atomic mass is 16.5. The highest BCUT2D eigenvalue weighted by Gasteiger charge is 2.25. The Bertz CT molecular complexity index is 422. The molecule has 1 N–H and O–H groups in total. The van der Waals surface area contributed by atoms with Gasteiger partial charge in [0.2, 0.25) is 5.76 Å². The fourth-order valence-corrected chi connectivity index (χ4v) is 2.48. The Morgan fingerprint density at radius 2 is 2.42 bits per heavy atom. The summed E-state index contributed by atoms with van der Waals surface area (Å²) in [6.45, 7) is 8.61. The van der Waals surface area contributed by atoms with Gasteiger partial charge >= 0.3 is 0 Å². The number of hydrogen-bond donors (Lipinski definition) is 1. The maximum absolute atomic E-state index is 12.4. The molecule has 0 saturated carbocycles. The SMILES string of the molecule is Cc1cc(C(=O)N(CC(C)C)CC2CCCN2)on1. The van der Waals surface area contributed by atoms with E-state index in [4.69, 9.17) is 4.52 Å². The summed E-state index contributed by atoms with van der Waals surface area (Å²) in [5.74, 6) is 0.730. The first-order chi connectivity index (χ1) is 9.06. The molecule has 1 aromatic rings. The van der Waals surface area contributed by atoms with Crippen molar-refractivity contribution >= 4 is 5.91 Å². The third-order valence-electron chi connectivity index (χ3n) is 3.31. The summed E-state index contributed by atoms with van der Waals surface area (Å²) < 4.78 is 5.09. The first kappa shape index (κ1) is 14.1. The molecule has 1 saturated heterocycles. The number of nitrogens with zero attached hydrogens (tertiary/aromatic N) is 2. The molecule has 1 amide bonds. The molecule has 0 spiro atoms. The summed E-state index contributed by atoms with van der Waals surface area (Å²) in [5.41, 5.74) is 0.742. The molecule has 1 aliphatic heterocycles. The van der Waals surface area contributed by atoms with Crippen molar-refractivity contribution in [2.45, 2.75) is 39.7 Å². The summed E-state index contributed by atoms with van der Waals surface area (Å²) >= 11 is 0. The Hall–Kier alpha value is -1.36. The van der Waals surface area contributed by atoms with Crippen LogP contribution in [0.25, 0.3) is 0 Å². The predicted octanol–water partition coefficient (Wildman–Crippen LogP) is 1.83. The maximum Gasteiger partial charge on any atom is 0.292 e. The molecule has 5 nitrogen and oxygen atoms in total. The normalized spacial score (nSPS) is 19.1. The van der Waals surface area contributed by atoms with Gasteiger partial charge in [-0.25, -0.2) is 0 Å². The van der Waals surface area contributed by atoms with E-state index in [1.165, 1.54) is 6.42 Å². The van der Waals surface area contributed by atoms with Gasteiger partial charge in [0.15, 0.2) is 0 Å². The van der Waals surface area contributed by atoms with E-state index in [-0.39, 0.29) is 5.91 Å². The molecule has 1 aromatic heterocycles. The van der Waals surface area contributed by atoms with Crippen molar-refractivity contribution in [3.63, 3.8) is 0 Å². The molecule has 2 rings (SSSR count). The van der Waals surface area contributed by atoms with E-state index in [0.717, 1.165) is 31.7 Å². The summed E-state index contributed by atoms with van der Waals surface area (Å²) in [7, 11) is 0. The summed E-state index contributed by atoms with van der Waals surface area (Å²) in [5, 5.41) is 7.22. The first-order valence-electron chi connectivity index (χ1n) is 7.02. The van der Waals surface area contributed by atoms with Gasteiger partial charge in [0.1, 0.15) is 0 Å². The zero-order valence-corrected chi connectivity index (χ0v) is 12.0. The van der Waals surface area contributed by atoms with Gasteiger partial charge in [-0.05, 0) is 32.2 Å². The molecule has 0 aliphatic carbocycles. The molecular weight excluding hydrogens is 242 g/mol. The van der Waals surface area contributed by atoms with Crippen LogP contribution in [0.4, 0.5) is 0 Å². The number of nitrogens with one attached hydrogen (secondary N) is 1. The Kier molecular flexibility index (Phi) is 4.58. The maximum atomic E-state index is 12.4. The van der Waals surface area contributed by atoms with Crippen molar-refractivity contribution in [3.8, 4) is 0 Å². The molecule has 5 heteroatoms. The average molecular weight is 265 g/mol. The summed E-state index contributed by atoms with van der Waals surface area (Å²) in [6, 6.07) is 2.12. The van der Waals surface area contributed by atoms with Gasteiger partial charge in [0, 0.05) is 25.2 Å². The lowest BCUT2D eigenvalue weighted by atomic mass is 10.1. The number of rotatable bonds is 5. The van der Waals surface area contributed by atoms with Crippen LogP contribution in [0, 0.1) is 12.8 Å². The minimum atomic E-state index is -0.0528. The molecule has 1 atom stereocenters. The largest absolute Gasteiger partial charge is 0.351 e. The van der Waals surface area contributed by atoms with Crippen LogP contribution >= 0.6 is 0 Å². The monoisotopic (exact) mass is 265 g/mol. The lowest BCUT2D eigenvalue weighted by molar-refractivity contribution is 0.0679. The Morgan fingerprint density at radius 3 is 2.95 bits per heavy atom. The van der Waals surface area contributed by atoms with Crippen LogP contribution in [0.5, 0.6) is 0 Å². The number of hydrogen-bond acceptors (Lipinski definition) is 4. The quantitative estimate of drug-likeness (QED) is 0.882. The van der Waals surface area contributed by atoms with Gasteiger partial charge < -0.3 is 14.7 Å². The Balaban J connectivity index is 2.05. The molecule has 1 fully saturated rings. The van der Waals surface area contributed by atoms with Crippen LogP contribution in [0.1, 0.15) is 42.9 Å². The number of carbonyl (C=O) groups excluding carboxylic acids is 1. The minimum absolute atomic E-state index is 0.0528. The van der Waals surface area contributed by atoms with E-state index in [1.54, 1.807) is 6.07 Å². The van der Waals surface area contributed by atoms with E-state index in [9.17, 15) is 4.79 Å². The van der Waals surface area contributed by atoms with Crippen molar-refractivity contribution in [3.05, 3.63) is 17.5 Å². The topological polar surface area (TPSA) is 58.4 Å². The fourth-order valence-electron chi connectivity index (χ4n) is 2.48. The van der Waals surface area contributed by atoms with Gasteiger partial charge in [-0.2, -0.15) is 0 Å². The van der Waals surface area contributed by atoms with Crippen LogP contribution < -0.4 is 5.32 Å². The van der Waals surface area contributed by atoms with E-state index in [2.05, 4.69) is 24.3 Å². The predicted molar refractivity (Wildman–Crippen MR) is 73.0 cm³/mol. The van der Waals surface area contributed by atoms with Gasteiger partial charge in [-0.1, -0.05) is 19.0 Å². The molecule has 0 bridgehead atoms. The van der Waals surface area contributed by atoms with Crippen molar-refractivity contribution in [2.24, 2.45) is 5.92 Å². The van der Waals surface area contributed by atoms with E-state index in [0.29, 0.717) is 17.7 Å². The van der Waals surface area contributed by atoms with Crippen molar-refractivity contribution < 1.29 is 9.32 Å². The lowest BCUT2D eigenvalue weighted by Crippen LogP contribution is -2.42. The first-order valence-corrected chi connectivity index (χ1v) is 7.02. The van der Waals surface area contributed by atoms with Gasteiger partial charge in [0.25, 0.3) is 5.91 Å². The standard InChI is InChI=1S/C14H23N3O2/c1-10(2)8-17(9-12-5-4-6-15-12)14(18)13-7-11(3)16-19-13/h7,10,12,15H,4-6,8-9H2,1-3H3. The summed E-state index contributed by atoms with van der Waals surface area (Å²) in [4.78, 5) is 14.3. The van der Waals surface area contributed by atoms with E-state index in [1.807, 2.05) is 11.8 Å². The lowest BCUT2D eigenvalue weighted by Gasteiger charge is -2.26. The molecule has 0 aromatic carbocycles. The summed E-state index contributed by atoms with van der Waals surface area (Å²) in [6.07, 6.45) is 2.33. The molecule has 19 heavy (non-hydrogen) atoms. The van der Waals surface area contributed by atoms with Crippen LogP contribution in [-0.2, 0) is 0 Å². The Labute approximate surface area is 114 Å². The molecular formula is C14H23N3O2. The van der Waals surface area contributed by atoms with Crippen LogP contribution in [0.3, 0.4) is 0 Å². The number of carbonyl (C=O) groups is 1. The number of amides is 1. The Morgan fingerprint density at radius 1 is 1.63 bits per heavy atom. The van der Waals surface area contributed by atoms with Crippen molar-refractivity contribution in [1.82, 2.24) is 15.4 Å².